The summed E-state index contributed by atoms with van der Waals surface area (Å²) in [5, 5.41) is 9.28. The average Bonchev–Trinajstić information content (AvgIpc) is 2.19. The monoisotopic (exact) mass is 206 g/mol. The number of halogens is 1. The predicted octanol–water partition coefficient (Wildman–Crippen LogP) is -0.640. The lowest BCUT2D eigenvalue weighted by Gasteiger charge is -2.33. The second-order valence-electron chi connectivity index (χ2n) is 3.25. The number of β-amino-alcohol motifs (C(OH)–C–C–N with tert-alkyl or cyclic N) is 1. The maximum Gasteiger partial charge on any atom is 0.209 e. The summed E-state index contributed by atoms with van der Waals surface area (Å²) in [7, 11) is 0. The molecule has 1 rings (SSSR count). The van der Waals surface area contributed by atoms with Crippen LogP contribution in [0.1, 0.15) is 0 Å². The molecule has 76 valence electrons. The molecule has 0 saturated carbocycles. The van der Waals surface area contributed by atoms with Gasteiger partial charge in [-0.1, -0.05) is 0 Å². The molecule has 0 aromatic rings. The summed E-state index contributed by atoms with van der Waals surface area (Å²) in [6.45, 7) is 3.76. The van der Waals surface area contributed by atoms with E-state index in [9.17, 15) is 9.90 Å². The van der Waals surface area contributed by atoms with E-state index in [0.717, 1.165) is 32.6 Å². The van der Waals surface area contributed by atoms with E-state index in [4.69, 9.17) is 11.6 Å². The van der Waals surface area contributed by atoms with Crippen molar-refractivity contribution in [2.75, 3.05) is 38.6 Å². The molecule has 1 fully saturated rings. The van der Waals surface area contributed by atoms with Crippen molar-refractivity contribution < 1.29 is 9.90 Å². The van der Waals surface area contributed by atoms with Crippen LogP contribution in [0.15, 0.2) is 0 Å². The molecule has 1 aliphatic rings. The van der Waals surface area contributed by atoms with Gasteiger partial charge in [-0.25, -0.2) is 0 Å². The number of nitrogens with zero attached hydrogens (tertiary/aromatic N) is 2. The summed E-state index contributed by atoms with van der Waals surface area (Å²) in [6, 6.07) is 0. The van der Waals surface area contributed by atoms with Gasteiger partial charge in [-0.3, -0.25) is 9.69 Å². The molecule has 1 aliphatic heterocycles. The van der Waals surface area contributed by atoms with Gasteiger partial charge in [0.1, 0.15) is 0 Å². The van der Waals surface area contributed by atoms with E-state index in [0.29, 0.717) is 6.54 Å². The first-order valence-corrected chi connectivity index (χ1v) is 4.95. The van der Waals surface area contributed by atoms with Crippen LogP contribution in [0.3, 0.4) is 0 Å². The van der Waals surface area contributed by atoms with Gasteiger partial charge in [-0.05, 0) is 0 Å². The third-order valence-corrected chi connectivity index (χ3v) is 2.56. The lowest BCUT2D eigenvalue weighted by atomic mass is 10.3. The number of piperazine rings is 1. The third kappa shape index (κ3) is 3.50. The van der Waals surface area contributed by atoms with Crippen LogP contribution in [0, 0.1) is 0 Å². The molecule has 0 aromatic heterocycles. The summed E-state index contributed by atoms with van der Waals surface area (Å²) in [5.74, 6) is 0.272. The van der Waals surface area contributed by atoms with Crippen molar-refractivity contribution in [2.45, 2.75) is 6.10 Å². The number of rotatable bonds is 4. The van der Waals surface area contributed by atoms with Gasteiger partial charge in [0.25, 0.3) is 0 Å². The van der Waals surface area contributed by atoms with Crippen LogP contribution in [0.4, 0.5) is 0 Å². The first kappa shape index (κ1) is 10.8. The number of alkyl halides is 1. The summed E-state index contributed by atoms with van der Waals surface area (Å²) < 4.78 is 0. The van der Waals surface area contributed by atoms with E-state index in [2.05, 4.69) is 4.90 Å². The molecule has 1 N–H and O–H groups in total. The molecule has 0 spiro atoms. The number of aliphatic hydroxyl groups is 1. The highest BCUT2D eigenvalue weighted by molar-refractivity contribution is 6.18. The summed E-state index contributed by atoms with van der Waals surface area (Å²) in [4.78, 5) is 14.2. The molecule has 0 aromatic carbocycles. The molecule has 0 radical (unpaired) electrons. The molecule has 1 atom stereocenters. The van der Waals surface area contributed by atoms with E-state index in [1.807, 2.05) is 0 Å². The topological polar surface area (TPSA) is 43.8 Å². The minimum atomic E-state index is -0.454. The normalized spacial score (nSPS) is 21.5. The molecule has 13 heavy (non-hydrogen) atoms. The lowest BCUT2D eigenvalue weighted by Crippen LogP contribution is -2.48. The average molecular weight is 207 g/mol. The summed E-state index contributed by atoms with van der Waals surface area (Å²) >= 11 is 5.48. The van der Waals surface area contributed by atoms with Crippen LogP contribution in [0.25, 0.3) is 0 Å². The minimum Gasteiger partial charge on any atom is -0.391 e. The van der Waals surface area contributed by atoms with Crippen molar-refractivity contribution in [3.63, 3.8) is 0 Å². The van der Waals surface area contributed by atoms with E-state index in [-0.39, 0.29) is 5.88 Å². The highest BCUT2D eigenvalue weighted by Crippen LogP contribution is 2.01. The molecule has 1 unspecified atom stereocenters. The number of hydrogen-bond donors (Lipinski definition) is 1. The molecule has 0 aliphatic carbocycles. The zero-order valence-corrected chi connectivity index (χ0v) is 8.28. The number of amides is 1. The van der Waals surface area contributed by atoms with E-state index in [1.165, 1.54) is 0 Å². The van der Waals surface area contributed by atoms with E-state index >= 15 is 0 Å². The van der Waals surface area contributed by atoms with Gasteiger partial charge in [0.2, 0.25) is 6.41 Å². The Morgan fingerprint density at radius 2 is 2.00 bits per heavy atom. The molecule has 4 nitrogen and oxygen atoms in total. The fourth-order valence-electron chi connectivity index (χ4n) is 1.40. The van der Waals surface area contributed by atoms with Crippen LogP contribution in [0.2, 0.25) is 0 Å². The highest BCUT2D eigenvalue weighted by Gasteiger charge is 2.17. The number of carbonyl (C=O) groups excluding carboxylic acids is 1. The second-order valence-corrected chi connectivity index (χ2v) is 3.56. The number of hydrogen-bond acceptors (Lipinski definition) is 3. The van der Waals surface area contributed by atoms with Crippen molar-refractivity contribution in [2.24, 2.45) is 0 Å². The molecule has 5 heteroatoms. The number of carbonyl (C=O) groups is 1. The summed E-state index contributed by atoms with van der Waals surface area (Å²) in [6.07, 6.45) is 0.416. The fourth-order valence-corrected chi connectivity index (χ4v) is 1.50. The largest absolute Gasteiger partial charge is 0.391 e. The Kier molecular flexibility index (Phi) is 4.48. The Balaban J connectivity index is 2.20. The van der Waals surface area contributed by atoms with Crippen molar-refractivity contribution in [3.8, 4) is 0 Å². The molecule has 1 heterocycles. The summed E-state index contributed by atoms with van der Waals surface area (Å²) in [5.41, 5.74) is 0. The Labute approximate surface area is 83.1 Å². The standard InChI is InChI=1S/C8H15ClN2O2/c9-5-8(13)6-10-1-3-11(7-12)4-2-10/h7-8,13H,1-6H2. The highest BCUT2D eigenvalue weighted by atomic mass is 35.5. The molecule has 1 amide bonds. The SMILES string of the molecule is O=CN1CCN(CC(O)CCl)CC1. The van der Waals surface area contributed by atoms with Gasteiger partial charge in [0, 0.05) is 38.6 Å². The Morgan fingerprint density at radius 3 is 2.46 bits per heavy atom. The molecular formula is C8H15ClN2O2. The van der Waals surface area contributed by atoms with Crippen molar-refractivity contribution in [1.29, 1.82) is 0 Å². The zero-order chi connectivity index (χ0) is 9.68. The van der Waals surface area contributed by atoms with Gasteiger partial charge in [-0.2, -0.15) is 0 Å². The Bertz CT molecular complexity index is 160. The van der Waals surface area contributed by atoms with E-state index in [1.54, 1.807) is 4.90 Å². The maximum absolute atomic E-state index is 10.4. The van der Waals surface area contributed by atoms with Gasteiger partial charge < -0.3 is 10.0 Å². The van der Waals surface area contributed by atoms with Crippen LogP contribution in [0.5, 0.6) is 0 Å². The minimum absolute atomic E-state index is 0.272. The Hall–Kier alpha value is -0.320. The van der Waals surface area contributed by atoms with Crippen LogP contribution < -0.4 is 0 Å². The predicted molar refractivity (Wildman–Crippen MR) is 50.8 cm³/mol. The molecule has 1 saturated heterocycles. The first-order chi connectivity index (χ1) is 6.26. The first-order valence-electron chi connectivity index (χ1n) is 4.42. The molecule has 0 bridgehead atoms. The van der Waals surface area contributed by atoms with Gasteiger partial charge >= 0.3 is 0 Å². The number of aliphatic hydroxyl groups excluding tert-OH is 1. The van der Waals surface area contributed by atoms with Crippen molar-refractivity contribution in [3.05, 3.63) is 0 Å². The third-order valence-electron chi connectivity index (χ3n) is 2.20. The second kappa shape index (κ2) is 5.42. The van der Waals surface area contributed by atoms with E-state index < -0.39 is 6.10 Å². The van der Waals surface area contributed by atoms with Crippen molar-refractivity contribution >= 4 is 18.0 Å². The zero-order valence-electron chi connectivity index (χ0n) is 7.53. The van der Waals surface area contributed by atoms with Crippen molar-refractivity contribution in [1.82, 2.24) is 9.80 Å². The quantitative estimate of drug-likeness (QED) is 0.492. The van der Waals surface area contributed by atoms with Crippen LogP contribution >= 0.6 is 11.6 Å². The van der Waals surface area contributed by atoms with Crippen LogP contribution in [-0.4, -0.2) is 66.0 Å². The fraction of sp³-hybridized carbons (Fsp3) is 0.875. The molecular weight excluding hydrogens is 192 g/mol. The van der Waals surface area contributed by atoms with Gasteiger partial charge in [0.05, 0.1) is 6.10 Å². The van der Waals surface area contributed by atoms with Gasteiger partial charge in [-0.15, -0.1) is 11.6 Å². The Morgan fingerprint density at radius 1 is 1.38 bits per heavy atom. The lowest BCUT2D eigenvalue weighted by molar-refractivity contribution is -0.119. The maximum atomic E-state index is 10.4. The van der Waals surface area contributed by atoms with Crippen LogP contribution in [-0.2, 0) is 4.79 Å². The smallest absolute Gasteiger partial charge is 0.209 e. The van der Waals surface area contributed by atoms with Gasteiger partial charge in [0.15, 0.2) is 0 Å².